The first-order valence-electron chi connectivity index (χ1n) is 36.7. The molecule has 0 amide bonds. The van der Waals surface area contributed by atoms with Crippen LogP contribution in [-0.2, 0) is 55.8 Å². The van der Waals surface area contributed by atoms with Crippen LogP contribution < -0.4 is 0 Å². The van der Waals surface area contributed by atoms with Crippen molar-refractivity contribution in [2.24, 2.45) is 0 Å². The normalized spacial score (nSPS) is 15.2. The first kappa shape index (κ1) is 93.4. The summed E-state index contributed by atoms with van der Waals surface area (Å²) in [6, 6.07) is 0. The van der Waals surface area contributed by atoms with E-state index < -0.39 is 91.5 Å². The third-order valence-corrected chi connectivity index (χ3v) is 16.2. The monoisotopic (exact) mass is 1420 g/mol. The topological polar surface area (TPSA) is 231 Å². The van der Waals surface area contributed by atoms with E-state index in [0.29, 0.717) is 19.3 Å². The third kappa shape index (κ3) is 73.4. The minimum atomic E-state index is -4.96. The zero-order chi connectivity index (χ0) is 72.3. The van der Waals surface area contributed by atoms with Crippen molar-refractivity contribution in [3.05, 3.63) is 194 Å². The Bertz CT molecular complexity index is 2580. The number of aliphatic hydroxyl groups is 2. The van der Waals surface area contributed by atoms with Crippen molar-refractivity contribution in [3.63, 3.8) is 0 Å². The van der Waals surface area contributed by atoms with E-state index in [-0.39, 0.29) is 19.3 Å². The second-order valence-corrected chi connectivity index (χ2v) is 26.5. The maximum absolute atomic E-state index is 13.0. The lowest BCUT2D eigenvalue weighted by molar-refractivity contribution is -0.161. The molecule has 0 saturated carbocycles. The summed E-state index contributed by atoms with van der Waals surface area (Å²) in [5.41, 5.74) is 0. The number of unbranched alkanes of at least 4 members (excludes halogenated alkanes) is 12. The van der Waals surface area contributed by atoms with Gasteiger partial charge < -0.3 is 34.2 Å². The molecule has 0 aliphatic heterocycles. The van der Waals surface area contributed by atoms with E-state index in [1.54, 1.807) is 0 Å². The average Bonchev–Trinajstić information content (AvgIpc) is 2.30. The van der Waals surface area contributed by atoms with Crippen LogP contribution in [0.3, 0.4) is 0 Å². The van der Waals surface area contributed by atoms with Crippen LogP contribution in [0, 0.1) is 0 Å². The van der Waals surface area contributed by atoms with Gasteiger partial charge in [0.1, 0.15) is 25.4 Å². The van der Waals surface area contributed by atoms with Crippen molar-refractivity contribution in [2.45, 2.75) is 257 Å². The number of hydrogen-bond acceptors (Lipinski definition) is 14. The van der Waals surface area contributed by atoms with Gasteiger partial charge in [-0.2, -0.15) is 0 Å². The Morgan fingerprint density at radius 2 is 0.505 bits per heavy atom. The lowest BCUT2D eigenvalue weighted by Crippen LogP contribution is -2.30. The van der Waals surface area contributed by atoms with Crippen LogP contribution in [0.4, 0.5) is 0 Å². The van der Waals surface area contributed by atoms with E-state index in [2.05, 4.69) is 215 Å². The molecule has 0 radical (unpaired) electrons. The largest absolute Gasteiger partial charge is 0.472 e. The number of aliphatic hydroxyl groups excluding tert-OH is 2. The molecule has 0 aromatic heterocycles. The maximum Gasteiger partial charge on any atom is 0.472 e. The van der Waals surface area contributed by atoms with E-state index in [9.17, 15) is 43.5 Å². The van der Waals surface area contributed by atoms with E-state index in [1.165, 1.54) is 0 Å². The lowest BCUT2D eigenvalue weighted by atomic mass is 10.1. The van der Waals surface area contributed by atoms with Crippen molar-refractivity contribution in [1.29, 1.82) is 0 Å². The van der Waals surface area contributed by atoms with Gasteiger partial charge in [0.25, 0.3) is 0 Å². The molecule has 0 aromatic carbocycles. The van der Waals surface area contributed by atoms with Gasteiger partial charge in [0.05, 0.1) is 26.4 Å². The number of esters is 3. The summed E-state index contributed by atoms with van der Waals surface area (Å²) in [5.74, 6) is -1.68. The molecule has 0 rings (SSSR count). The Morgan fingerprint density at radius 3 is 0.818 bits per heavy atom. The zero-order valence-corrected chi connectivity index (χ0v) is 62.4. The number of carbonyl (C=O) groups excluding carboxylic acids is 3. The Hall–Kier alpha value is -5.61. The van der Waals surface area contributed by atoms with Crippen LogP contribution in [0.15, 0.2) is 194 Å². The minimum Gasteiger partial charge on any atom is -0.463 e. The van der Waals surface area contributed by atoms with E-state index >= 15 is 0 Å². The van der Waals surface area contributed by atoms with Gasteiger partial charge in [-0.05, 0) is 161 Å². The second-order valence-electron chi connectivity index (χ2n) is 23.6. The van der Waals surface area contributed by atoms with Gasteiger partial charge in [-0.25, -0.2) is 9.13 Å². The molecule has 0 fully saturated rings. The van der Waals surface area contributed by atoms with Crippen molar-refractivity contribution in [3.8, 4) is 0 Å². The molecule has 4 N–H and O–H groups in total. The standard InChI is InChI=1S/C81H128O16P2/c1-4-7-10-13-16-19-22-25-28-31-34-36-37-39-42-43-46-49-52-55-58-61-64-67-79(84)91-70-76(82)71-93-98(87,88)94-72-77(83)73-95-99(89,90)96-75-78(97-81(86)69-66-63-60-57-54-51-48-45-40-33-30-27-24-21-18-15-12-9-6-3)74-92-80(85)68-65-62-59-56-53-50-47-44-41-38-35-32-29-26-23-20-17-14-11-8-5-2/h7-12,16-21,25-30,34-36,38-40,42,44-47,49,53,56,76-78,82-83H,4-6,13-15,22-24,31-33,37,41,43,48,50-52,54-55,57-75H2,1-3H3,(H,87,88)(H,89,90)/b10-7-,11-8-,12-9-,19-16-,20-17-,21-18-,28-25-,29-26-,30-27-,36-34-,38-35-,42-39-,45-40-,47-44-,49-46-,56-53-. The van der Waals surface area contributed by atoms with Crippen LogP contribution in [0.5, 0.6) is 0 Å². The van der Waals surface area contributed by atoms with Crippen molar-refractivity contribution >= 4 is 33.6 Å². The number of hydrogen-bond donors (Lipinski definition) is 4. The molecule has 99 heavy (non-hydrogen) atoms. The number of carbonyl (C=O) groups is 3. The summed E-state index contributed by atoms with van der Waals surface area (Å²) < 4.78 is 61.0. The quantitative estimate of drug-likeness (QED) is 0.0146. The first-order chi connectivity index (χ1) is 48.2. The summed E-state index contributed by atoms with van der Waals surface area (Å²) in [7, 11) is -9.83. The molecule has 16 nitrogen and oxygen atoms in total. The third-order valence-electron chi connectivity index (χ3n) is 14.3. The minimum absolute atomic E-state index is 0.0689. The summed E-state index contributed by atoms with van der Waals surface area (Å²) in [6.07, 6.45) is 93.3. The summed E-state index contributed by atoms with van der Waals surface area (Å²) >= 11 is 0. The molecule has 0 heterocycles. The summed E-state index contributed by atoms with van der Waals surface area (Å²) in [6.45, 7) is 2.20. The SMILES string of the molecule is CC/C=C\C/C=C\C/C=C\C/C=C\C/C=C\C/C=C\CCCCCCC(=O)OCC(O)COP(=O)(O)OCC(O)COP(=O)(O)OCC(COC(=O)CCCC/C=C\C/C=C\C/C=C\C/C=C\C/C=C\C/C=C\CC)OC(=O)CCCCCCCC/C=C\C/C=C\C/C=C\C/C=C\CC. The number of rotatable bonds is 67. The first-order valence-corrected chi connectivity index (χ1v) is 39.7. The van der Waals surface area contributed by atoms with Crippen LogP contribution in [-0.4, -0.2) is 95.9 Å². The molecule has 0 aliphatic rings. The predicted octanol–water partition coefficient (Wildman–Crippen LogP) is 21.2. The molecule has 0 aromatic rings. The van der Waals surface area contributed by atoms with Crippen LogP contribution in [0.2, 0.25) is 0 Å². The maximum atomic E-state index is 13.0. The van der Waals surface area contributed by atoms with E-state index in [1.807, 2.05) is 0 Å². The molecule has 5 atom stereocenters. The Balaban J connectivity index is 4.80. The number of phosphoric ester groups is 2. The fourth-order valence-corrected chi connectivity index (χ4v) is 10.4. The molecule has 0 spiro atoms. The number of phosphoric acid groups is 2. The smallest absolute Gasteiger partial charge is 0.463 e. The molecular weight excluding hydrogens is 1290 g/mol. The van der Waals surface area contributed by atoms with E-state index in [4.69, 9.17) is 32.3 Å². The average molecular weight is 1420 g/mol. The zero-order valence-electron chi connectivity index (χ0n) is 60.6. The fourth-order valence-electron chi connectivity index (χ4n) is 8.80. The van der Waals surface area contributed by atoms with Crippen molar-refractivity contribution < 1.29 is 75.8 Å². The molecule has 18 heteroatoms. The Kier molecular flexibility index (Phi) is 68.1. The highest BCUT2D eigenvalue weighted by Crippen LogP contribution is 2.45. The highest BCUT2D eigenvalue weighted by Gasteiger charge is 2.29. The molecule has 0 aliphatic carbocycles. The Morgan fingerprint density at radius 1 is 0.283 bits per heavy atom. The number of allylic oxidation sites excluding steroid dienone is 32. The van der Waals surface area contributed by atoms with Crippen LogP contribution in [0.1, 0.15) is 239 Å². The Labute approximate surface area is 597 Å². The second kappa shape index (κ2) is 72.2. The van der Waals surface area contributed by atoms with Gasteiger partial charge in [0.2, 0.25) is 0 Å². The van der Waals surface area contributed by atoms with Gasteiger partial charge in [-0.1, -0.05) is 254 Å². The van der Waals surface area contributed by atoms with Crippen molar-refractivity contribution in [1.82, 2.24) is 0 Å². The van der Waals surface area contributed by atoms with Gasteiger partial charge in [-0.15, -0.1) is 0 Å². The molecule has 558 valence electrons. The highest BCUT2D eigenvalue weighted by molar-refractivity contribution is 7.47. The molecule has 5 unspecified atom stereocenters. The van der Waals surface area contributed by atoms with Crippen LogP contribution >= 0.6 is 15.6 Å². The summed E-state index contributed by atoms with van der Waals surface area (Å²) in [5, 5.41) is 20.6. The van der Waals surface area contributed by atoms with Gasteiger partial charge in [0.15, 0.2) is 6.10 Å². The molecule has 0 bridgehead atoms. The predicted molar refractivity (Wildman–Crippen MR) is 408 cm³/mol. The molecule has 0 saturated heterocycles. The summed E-state index contributed by atoms with van der Waals surface area (Å²) in [4.78, 5) is 58.6. The van der Waals surface area contributed by atoms with Gasteiger partial charge in [0, 0.05) is 19.3 Å². The highest BCUT2D eigenvalue weighted by atomic mass is 31.2. The van der Waals surface area contributed by atoms with Crippen molar-refractivity contribution in [2.75, 3.05) is 39.6 Å². The van der Waals surface area contributed by atoms with Gasteiger partial charge in [-0.3, -0.25) is 32.5 Å². The number of ether oxygens (including phenoxy) is 3. The van der Waals surface area contributed by atoms with Crippen LogP contribution in [0.25, 0.3) is 0 Å². The molecular formula is C81H128O16P2. The van der Waals surface area contributed by atoms with E-state index in [0.717, 1.165) is 180 Å². The fraction of sp³-hybridized carbons (Fsp3) is 0.568. The van der Waals surface area contributed by atoms with Gasteiger partial charge >= 0.3 is 33.6 Å². The lowest BCUT2D eigenvalue weighted by Gasteiger charge is -2.21.